The zero-order valence-corrected chi connectivity index (χ0v) is 13.9. The highest BCUT2D eigenvalue weighted by Crippen LogP contribution is 2.20. The third kappa shape index (κ3) is 4.34. The molecule has 0 radical (unpaired) electrons. The number of hydrogen-bond donors (Lipinski definition) is 0. The zero-order chi connectivity index (χ0) is 16.1. The van der Waals surface area contributed by atoms with Crippen molar-refractivity contribution in [2.75, 3.05) is 38.2 Å². The molecule has 1 saturated heterocycles. The molecule has 1 aliphatic heterocycles. The number of anilines is 1. The van der Waals surface area contributed by atoms with Crippen LogP contribution in [0.25, 0.3) is 0 Å². The molecule has 2 aromatic rings. The Balaban J connectivity index is 1.72. The van der Waals surface area contributed by atoms with E-state index in [1.807, 2.05) is 17.5 Å². The Hall–Kier alpha value is -1.83. The zero-order valence-electron chi connectivity index (χ0n) is 13.1. The first-order valence-electron chi connectivity index (χ1n) is 7.61. The average Bonchev–Trinajstić information content (AvgIpc) is 3.07. The molecule has 1 amide bonds. The Morgan fingerprint density at radius 2 is 2.43 bits per heavy atom. The van der Waals surface area contributed by atoms with Crippen LogP contribution in [0, 0.1) is 0 Å². The van der Waals surface area contributed by atoms with Crippen LogP contribution in [0.3, 0.4) is 0 Å². The first-order chi connectivity index (χ1) is 11.2. The van der Waals surface area contributed by atoms with Gasteiger partial charge in [-0.3, -0.25) is 14.7 Å². The predicted octanol–water partition coefficient (Wildman–Crippen LogP) is 1.44. The molecule has 23 heavy (non-hydrogen) atoms. The molecular weight excluding hydrogens is 312 g/mol. The Kier molecular flexibility index (Phi) is 5.32. The van der Waals surface area contributed by atoms with E-state index in [0.717, 1.165) is 23.8 Å². The third-order valence-corrected chi connectivity index (χ3v) is 4.55. The minimum atomic E-state index is 0.00972. The van der Waals surface area contributed by atoms with Crippen LogP contribution in [0.15, 0.2) is 36.1 Å². The third-order valence-electron chi connectivity index (χ3n) is 3.76. The Morgan fingerprint density at radius 1 is 1.52 bits per heavy atom. The van der Waals surface area contributed by atoms with E-state index in [1.54, 1.807) is 23.5 Å². The van der Waals surface area contributed by atoms with Gasteiger partial charge in [0.2, 0.25) is 5.91 Å². The molecule has 3 heterocycles. The van der Waals surface area contributed by atoms with E-state index in [9.17, 15) is 4.79 Å². The van der Waals surface area contributed by atoms with E-state index in [-0.39, 0.29) is 12.0 Å². The standard InChI is InChI=1S/C16H20N4O2S/c1-19-6-7-22-14(11-19)12-20(16-18-5-8-23-16)15(21)9-13-3-2-4-17-10-13/h2-5,8,10,14H,6-7,9,11-12H2,1H3/t14-/m0/s1. The van der Waals surface area contributed by atoms with Crippen LogP contribution >= 0.6 is 11.3 Å². The van der Waals surface area contributed by atoms with Gasteiger partial charge in [-0.15, -0.1) is 11.3 Å². The van der Waals surface area contributed by atoms with Gasteiger partial charge in [-0.1, -0.05) is 6.07 Å². The number of nitrogens with zero attached hydrogens (tertiary/aromatic N) is 4. The van der Waals surface area contributed by atoms with Gasteiger partial charge >= 0.3 is 0 Å². The first kappa shape index (κ1) is 16.0. The summed E-state index contributed by atoms with van der Waals surface area (Å²) in [7, 11) is 2.07. The maximum atomic E-state index is 12.8. The van der Waals surface area contributed by atoms with Crippen molar-refractivity contribution >= 4 is 22.4 Å². The second-order valence-electron chi connectivity index (χ2n) is 5.61. The number of carbonyl (C=O) groups excluding carboxylic acids is 1. The van der Waals surface area contributed by atoms with Crippen molar-refractivity contribution in [3.8, 4) is 0 Å². The number of carbonyl (C=O) groups is 1. The van der Waals surface area contributed by atoms with Gasteiger partial charge in [-0.2, -0.15) is 0 Å². The lowest BCUT2D eigenvalue weighted by Gasteiger charge is -2.33. The number of likely N-dealkylation sites (N-methyl/N-ethyl adjacent to an activating group) is 1. The normalized spacial score (nSPS) is 18.7. The van der Waals surface area contributed by atoms with Crippen molar-refractivity contribution in [3.05, 3.63) is 41.7 Å². The van der Waals surface area contributed by atoms with Crippen LogP contribution in [-0.4, -0.2) is 60.2 Å². The summed E-state index contributed by atoms with van der Waals surface area (Å²) in [5.41, 5.74) is 0.903. The maximum absolute atomic E-state index is 12.8. The van der Waals surface area contributed by atoms with Gasteiger partial charge in [-0.25, -0.2) is 4.98 Å². The minimum Gasteiger partial charge on any atom is -0.374 e. The summed E-state index contributed by atoms with van der Waals surface area (Å²) >= 11 is 1.47. The molecule has 0 N–H and O–H groups in total. The van der Waals surface area contributed by atoms with E-state index in [4.69, 9.17) is 4.74 Å². The molecule has 0 spiro atoms. The van der Waals surface area contributed by atoms with Crippen LogP contribution in [0.1, 0.15) is 5.56 Å². The number of ether oxygens (including phenoxy) is 1. The number of thiazole rings is 1. The Bertz CT molecular complexity index is 620. The van der Waals surface area contributed by atoms with E-state index < -0.39 is 0 Å². The summed E-state index contributed by atoms with van der Waals surface area (Å²) in [6.07, 6.45) is 5.48. The van der Waals surface area contributed by atoms with Crippen molar-refractivity contribution in [1.82, 2.24) is 14.9 Å². The number of rotatable bonds is 5. The Labute approximate surface area is 139 Å². The van der Waals surface area contributed by atoms with Crippen LogP contribution in [-0.2, 0) is 16.0 Å². The lowest BCUT2D eigenvalue weighted by Crippen LogP contribution is -2.48. The van der Waals surface area contributed by atoms with Gasteiger partial charge in [0.05, 0.1) is 25.7 Å². The topological polar surface area (TPSA) is 58.6 Å². The first-order valence-corrected chi connectivity index (χ1v) is 8.49. The monoisotopic (exact) mass is 332 g/mol. The average molecular weight is 332 g/mol. The fourth-order valence-corrected chi connectivity index (χ4v) is 3.26. The van der Waals surface area contributed by atoms with Gasteiger partial charge in [0, 0.05) is 37.1 Å². The van der Waals surface area contributed by atoms with Gasteiger partial charge in [0.1, 0.15) is 0 Å². The lowest BCUT2D eigenvalue weighted by atomic mass is 10.2. The van der Waals surface area contributed by atoms with Crippen LogP contribution in [0.4, 0.5) is 5.13 Å². The second-order valence-corrected chi connectivity index (χ2v) is 6.49. The summed E-state index contributed by atoms with van der Waals surface area (Å²) in [4.78, 5) is 25.1. The predicted molar refractivity (Wildman–Crippen MR) is 89.6 cm³/mol. The molecule has 6 nitrogen and oxygen atoms in total. The van der Waals surface area contributed by atoms with E-state index in [1.165, 1.54) is 11.3 Å². The molecule has 7 heteroatoms. The second kappa shape index (κ2) is 7.63. The van der Waals surface area contributed by atoms with Crippen molar-refractivity contribution in [2.24, 2.45) is 0 Å². The fraction of sp³-hybridized carbons (Fsp3) is 0.438. The summed E-state index contributed by atoms with van der Waals surface area (Å²) in [5, 5.41) is 2.60. The van der Waals surface area contributed by atoms with Gasteiger partial charge in [0.25, 0.3) is 0 Å². The quantitative estimate of drug-likeness (QED) is 0.829. The molecule has 1 aliphatic rings. The smallest absolute Gasteiger partial charge is 0.233 e. The largest absolute Gasteiger partial charge is 0.374 e. The number of morpholine rings is 1. The number of pyridine rings is 1. The van der Waals surface area contributed by atoms with Gasteiger partial charge < -0.3 is 9.64 Å². The fourth-order valence-electron chi connectivity index (χ4n) is 2.59. The van der Waals surface area contributed by atoms with Crippen molar-refractivity contribution in [2.45, 2.75) is 12.5 Å². The summed E-state index contributed by atoms with van der Waals surface area (Å²) < 4.78 is 5.81. The highest BCUT2D eigenvalue weighted by molar-refractivity contribution is 7.13. The lowest BCUT2D eigenvalue weighted by molar-refractivity contribution is -0.118. The van der Waals surface area contributed by atoms with Crippen LogP contribution < -0.4 is 4.90 Å². The molecule has 122 valence electrons. The summed E-state index contributed by atoms with van der Waals surface area (Å²) in [6.45, 7) is 2.97. The molecule has 0 bridgehead atoms. The van der Waals surface area contributed by atoms with E-state index in [2.05, 4.69) is 21.9 Å². The van der Waals surface area contributed by atoms with Crippen molar-refractivity contribution in [1.29, 1.82) is 0 Å². The molecule has 0 saturated carbocycles. The number of aromatic nitrogens is 2. The molecule has 0 aromatic carbocycles. The van der Waals surface area contributed by atoms with Gasteiger partial charge in [-0.05, 0) is 18.7 Å². The minimum absolute atomic E-state index is 0.00972. The van der Waals surface area contributed by atoms with Gasteiger partial charge in [0.15, 0.2) is 5.13 Å². The van der Waals surface area contributed by atoms with Crippen LogP contribution in [0.5, 0.6) is 0 Å². The van der Waals surface area contributed by atoms with Crippen molar-refractivity contribution < 1.29 is 9.53 Å². The highest BCUT2D eigenvalue weighted by Gasteiger charge is 2.26. The Morgan fingerprint density at radius 3 is 3.13 bits per heavy atom. The highest BCUT2D eigenvalue weighted by atomic mass is 32.1. The maximum Gasteiger partial charge on any atom is 0.233 e. The van der Waals surface area contributed by atoms with Crippen molar-refractivity contribution in [3.63, 3.8) is 0 Å². The SMILES string of the molecule is CN1CCO[C@H](CN(C(=O)Cc2cccnc2)c2nccs2)C1. The molecule has 3 rings (SSSR count). The number of hydrogen-bond acceptors (Lipinski definition) is 6. The summed E-state index contributed by atoms with van der Waals surface area (Å²) in [5.74, 6) is 0.0183. The molecule has 0 unspecified atom stereocenters. The number of amides is 1. The summed E-state index contributed by atoms with van der Waals surface area (Å²) in [6, 6.07) is 3.76. The van der Waals surface area contributed by atoms with E-state index in [0.29, 0.717) is 19.6 Å². The molecule has 1 atom stereocenters. The molecule has 1 fully saturated rings. The molecule has 2 aromatic heterocycles. The van der Waals surface area contributed by atoms with E-state index >= 15 is 0 Å². The van der Waals surface area contributed by atoms with Crippen LogP contribution in [0.2, 0.25) is 0 Å². The molecule has 0 aliphatic carbocycles. The molecular formula is C16H20N4O2S.